The molecular weight excluding hydrogens is 248 g/mol. The number of rotatable bonds is 5. The topological polar surface area (TPSA) is 94.0 Å². The highest BCUT2D eigenvalue weighted by Crippen LogP contribution is 2.42. The summed E-state index contributed by atoms with van der Waals surface area (Å²) in [6.45, 7) is 1.84. The lowest BCUT2D eigenvalue weighted by Gasteiger charge is -2.14. The molecule has 1 aliphatic rings. The standard InChI is InChI=1S/C12H14N4O3/c1-7-4-9(6-19-7)12-13-14-15-16(12)10(5-11(17)18)8-2-3-8/h4,6,8,10H,2-3,5H2,1H3,(H,17,18). The molecule has 1 unspecified atom stereocenters. The molecule has 2 aromatic heterocycles. The summed E-state index contributed by atoms with van der Waals surface area (Å²) >= 11 is 0. The quantitative estimate of drug-likeness (QED) is 0.880. The Hall–Kier alpha value is -2.18. The maximum atomic E-state index is 11.0. The van der Waals surface area contributed by atoms with E-state index in [9.17, 15) is 4.79 Å². The van der Waals surface area contributed by atoms with E-state index in [2.05, 4.69) is 15.5 Å². The lowest BCUT2D eigenvalue weighted by atomic mass is 10.1. The molecule has 19 heavy (non-hydrogen) atoms. The van der Waals surface area contributed by atoms with Crippen molar-refractivity contribution >= 4 is 5.97 Å². The Morgan fingerprint density at radius 2 is 2.42 bits per heavy atom. The van der Waals surface area contributed by atoms with Crippen molar-refractivity contribution in [3.8, 4) is 11.4 Å². The Bertz CT molecular complexity index is 600. The van der Waals surface area contributed by atoms with Gasteiger partial charge in [0.25, 0.3) is 0 Å². The number of aryl methyl sites for hydroxylation is 1. The van der Waals surface area contributed by atoms with Crippen molar-refractivity contribution in [2.45, 2.75) is 32.2 Å². The molecule has 1 saturated carbocycles. The van der Waals surface area contributed by atoms with Gasteiger partial charge in [-0.15, -0.1) is 5.10 Å². The number of carbonyl (C=O) groups is 1. The molecule has 7 heteroatoms. The van der Waals surface area contributed by atoms with Gasteiger partial charge in [0.05, 0.1) is 18.0 Å². The highest BCUT2D eigenvalue weighted by molar-refractivity contribution is 5.67. The van der Waals surface area contributed by atoms with Crippen LogP contribution in [0.2, 0.25) is 0 Å². The lowest BCUT2D eigenvalue weighted by molar-refractivity contribution is -0.138. The number of carboxylic acid groups (broad SMARTS) is 1. The maximum absolute atomic E-state index is 11.0. The second kappa shape index (κ2) is 4.49. The van der Waals surface area contributed by atoms with Crippen molar-refractivity contribution in [3.63, 3.8) is 0 Å². The van der Waals surface area contributed by atoms with Gasteiger partial charge in [0.2, 0.25) is 0 Å². The second-order valence-corrected chi connectivity index (χ2v) is 4.90. The van der Waals surface area contributed by atoms with E-state index >= 15 is 0 Å². The van der Waals surface area contributed by atoms with E-state index in [1.165, 1.54) is 0 Å². The Balaban J connectivity index is 1.95. The summed E-state index contributed by atoms with van der Waals surface area (Å²) in [4.78, 5) is 11.0. The SMILES string of the molecule is Cc1cc(-c2nnnn2C(CC(=O)O)C2CC2)co1. The van der Waals surface area contributed by atoms with Gasteiger partial charge in [0.1, 0.15) is 12.0 Å². The van der Waals surface area contributed by atoms with Crippen LogP contribution in [0.15, 0.2) is 16.7 Å². The fourth-order valence-corrected chi connectivity index (χ4v) is 2.28. The summed E-state index contributed by atoms with van der Waals surface area (Å²) in [6.07, 6.45) is 3.69. The first-order valence-electron chi connectivity index (χ1n) is 6.20. The summed E-state index contributed by atoms with van der Waals surface area (Å²) in [7, 11) is 0. The first-order chi connectivity index (χ1) is 9.15. The molecule has 0 aromatic carbocycles. The molecule has 0 saturated heterocycles. The molecule has 2 heterocycles. The van der Waals surface area contributed by atoms with E-state index in [4.69, 9.17) is 9.52 Å². The van der Waals surface area contributed by atoms with Crippen LogP contribution in [0.25, 0.3) is 11.4 Å². The van der Waals surface area contributed by atoms with Gasteiger partial charge >= 0.3 is 5.97 Å². The van der Waals surface area contributed by atoms with E-state index in [1.807, 2.05) is 13.0 Å². The Morgan fingerprint density at radius 3 is 3.00 bits per heavy atom. The number of hydrogen-bond donors (Lipinski definition) is 1. The molecule has 100 valence electrons. The molecule has 3 rings (SSSR count). The Labute approximate surface area is 109 Å². The minimum Gasteiger partial charge on any atom is -0.481 e. The number of carboxylic acids is 1. The molecule has 0 amide bonds. The predicted octanol–water partition coefficient (Wildman–Crippen LogP) is 1.67. The normalized spacial score (nSPS) is 16.5. The number of hydrogen-bond acceptors (Lipinski definition) is 5. The van der Waals surface area contributed by atoms with Crippen LogP contribution in [-0.2, 0) is 4.79 Å². The number of aromatic nitrogens is 4. The summed E-state index contributed by atoms with van der Waals surface area (Å²) in [5.74, 6) is 0.855. The van der Waals surface area contributed by atoms with Crippen molar-refractivity contribution in [3.05, 3.63) is 18.1 Å². The fourth-order valence-electron chi connectivity index (χ4n) is 2.28. The van der Waals surface area contributed by atoms with Gasteiger partial charge in [-0.25, -0.2) is 4.68 Å². The Morgan fingerprint density at radius 1 is 1.63 bits per heavy atom. The van der Waals surface area contributed by atoms with Crippen LogP contribution in [0, 0.1) is 12.8 Å². The highest BCUT2D eigenvalue weighted by Gasteiger charge is 2.36. The molecule has 0 bridgehead atoms. The number of aliphatic carboxylic acids is 1. The van der Waals surface area contributed by atoms with Gasteiger partial charge in [0.15, 0.2) is 5.82 Å². The first kappa shape index (κ1) is 11.9. The van der Waals surface area contributed by atoms with Crippen LogP contribution in [0.3, 0.4) is 0 Å². The summed E-state index contributed by atoms with van der Waals surface area (Å²) in [6, 6.07) is 1.66. The second-order valence-electron chi connectivity index (χ2n) is 4.90. The van der Waals surface area contributed by atoms with Gasteiger partial charge in [-0.05, 0) is 42.2 Å². The molecular formula is C12H14N4O3. The lowest BCUT2D eigenvalue weighted by Crippen LogP contribution is -2.18. The zero-order valence-corrected chi connectivity index (χ0v) is 10.5. The summed E-state index contributed by atoms with van der Waals surface area (Å²) in [5.41, 5.74) is 0.776. The minimum absolute atomic E-state index is 0.0412. The molecule has 0 radical (unpaired) electrons. The van der Waals surface area contributed by atoms with Gasteiger partial charge in [-0.3, -0.25) is 4.79 Å². The zero-order valence-electron chi connectivity index (χ0n) is 10.5. The minimum atomic E-state index is -0.832. The smallest absolute Gasteiger partial charge is 0.305 e. The third kappa shape index (κ3) is 2.35. The zero-order chi connectivity index (χ0) is 13.4. The monoisotopic (exact) mass is 262 g/mol. The van der Waals surface area contributed by atoms with E-state index in [0.717, 1.165) is 24.2 Å². The van der Waals surface area contributed by atoms with E-state index in [0.29, 0.717) is 11.7 Å². The van der Waals surface area contributed by atoms with Crippen molar-refractivity contribution in [2.24, 2.45) is 5.92 Å². The van der Waals surface area contributed by atoms with Crippen LogP contribution >= 0.6 is 0 Å². The van der Waals surface area contributed by atoms with Gasteiger partial charge in [0, 0.05) is 0 Å². The number of tetrazole rings is 1. The number of furan rings is 1. The van der Waals surface area contributed by atoms with Crippen LogP contribution in [0.5, 0.6) is 0 Å². The number of nitrogens with zero attached hydrogens (tertiary/aromatic N) is 4. The average Bonchev–Trinajstić information content (AvgIpc) is 2.92. The molecule has 1 fully saturated rings. The molecule has 1 aliphatic carbocycles. The molecule has 1 atom stereocenters. The van der Waals surface area contributed by atoms with Crippen LogP contribution in [0.1, 0.15) is 31.1 Å². The summed E-state index contributed by atoms with van der Waals surface area (Å²) in [5, 5.41) is 20.7. The van der Waals surface area contributed by atoms with Crippen LogP contribution in [-0.4, -0.2) is 31.3 Å². The van der Waals surface area contributed by atoms with Crippen molar-refractivity contribution in [1.82, 2.24) is 20.2 Å². The average molecular weight is 262 g/mol. The molecule has 2 aromatic rings. The van der Waals surface area contributed by atoms with Crippen molar-refractivity contribution < 1.29 is 14.3 Å². The van der Waals surface area contributed by atoms with Crippen molar-refractivity contribution in [2.75, 3.05) is 0 Å². The van der Waals surface area contributed by atoms with Gasteiger partial charge in [-0.2, -0.15) is 0 Å². The third-order valence-electron chi connectivity index (χ3n) is 3.35. The van der Waals surface area contributed by atoms with Gasteiger partial charge < -0.3 is 9.52 Å². The Kier molecular flexibility index (Phi) is 2.81. The molecule has 0 aliphatic heterocycles. The molecule has 1 N–H and O–H groups in total. The highest BCUT2D eigenvalue weighted by atomic mass is 16.4. The van der Waals surface area contributed by atoms with Crippen LogP contribution < -0.4 is 0 Å². The first-order valence-corrected chi connectivity index (χ1v) is 6.20. The van der Waals surface area contributed by atoms with E-state index < -0.39 is 5.97 Å². The maximum Gasteiger partial charge on any atom is 0.305 e. The van der Waals surface area contributed by atoms with E-state index in [-0.39, 0.29) is 12.5 Å². The molecule has 7 nitrogen and oxygen atoms in total. The fraction of sp³-hybridized carbons (Fsp3) is 0.500. The predicted molar refractivity (Wildman–Crippen MR) is 64.3 cm³/mol. The summed E-state index contributed by atoms with van der Waals surface area (Å²) < 4.78 is 6.88. The van der Waals surface area contributed by atoms with Crippen LogP contribution in [0.4, 0.5) is 0 Å². The van der Waals surface area contributed by atoms with E-state index in [1.54, 1.807) is 10.9 Å². The van der Waals surface area contributed by atoms with Gasteiger partial charge in [-0.1, -0.05) is 0 Å². The molecule has 0 spiro atoms. The largest absolute Gasteiger partial charge is 0.481 e. The third-order valence-corrected chi connectivity index (χ3v) is 3.35. The van der Waals surface area contributed by atoms with Crippen molar-refractivity contribution in [1.29, 1.82) is 0 Å².